The normalized spacial score (nSPS) is 24.2. The summed E-state index contributed by atoms with van der Waals surface area (Å²) in [5.74, 6) is -1.00. The summed E-state index contributed by atoms with van der Waals surface area (Å²) in [4.78, 5) is 24.5. The molecule has 0 saturated carbocycles. The number of carbonyl (C=O) groups excluding carboxylic acids is 1. The Balaban J connectivity index is 2.12. The number of carboxylic acid groups (broad SMARTS) is 1. The molecular formula is C11H16N2O3. The van der Waals surface area contributed by atoms with Gasteiger partial charge in [0.1, 0.15) is 6.04 Å². The predicted octanol–water partition coefficient (Wildman–Crippen LogP) is -0.0183. The Morgan fingerprint density at radius 3 is 2.62 bits per heavy atom. The number of amides is 1. The number of hydrogen-bond donors (Lipinski definition) is 2. The first-order valence-corrected chi connectivity index (χ1v) is 5.54. The third-order valence-corrected chi connectivity index (χ3v) is 3.33. The van der Waals surface area contributed by atoms with E-state index in [0.717, 1.165) is 25.1 Å². The van der Waals surface area contributed by atoms with E-state index in [1.54, 1.807) is 6.92 Å². The molecule has 0 aromatic rings. The van der Waals surface area contributed by atoms with Crippen molar-refractivity contribution in [2.45, 2.75) is 25.8 Å². The van der Waals surface area contributed by atoms with Crippen molar-refractivity contribution < 1.29 is 14.7 Å². The van der Waals surface area contributed by atoms with Crippen LogP contribution in [0.5, 0.6) is 0 Å². The van der Waals surface area contributed by atoms with Gasteiger partial charge in [0, 0.05) is 25.2 Å². The van der Waals surface area contributed by atoms with Crippen molar-refractivity contribution in [3.63, 3.8) is 0 Å². The topological polar surface area (TPSA) is 69.6 Å². The van der Waals surface area contributed by atoms with E-state index in [4.69, 9.17) is 5.11 Å². The summed E-state index contributed by atoms with van der Waals surface area (Å²) in [6, 6.07) is -0.629. The van der Waals surface area contributed by atoms with Gasteiger partial charge in [0.25, 0.3) is 0 Å². The second-order valence-electron chi connectivity index (χ2n) is 4.33. The first kappa shape index (κ1) is 11.1. The zero-order valence-corrected chi connectivity index (χ0v) is 9.32. The highest BCUT2D eigenvalue weighted by molar-refractivity contribution is 5.96. The Morgan fingerprint density at radius 2 is 2.12 bits per heavy atom. The minimum absolute atomic E-state index is 0.110. The van der Waals surface area contributed by atoms with Crippen molar-refractivity contribution in [2.24, 2.45) is 0 Å². The van der Waals surface area contributed by atoms with Gasteiger partial charge in [0.2, 0.25) is 5.91 Å². The molecule has 5 heteroatoms. The Hall–Kier alpha value is -1.36. The molecule has 2 aliphatic heterocycles. The van der Waals surface area contributed by atoms with Gasteiger partial charge in [0.05, 0.1) is 0 Å². The molecule has 2 heterocycles. The van der Waals surface area contributed by atoms with E-state index in [1.807, 2.05) is 0 Å². The van der Waals surface area contributed by atoms with Crippen molar-refractivity contribution in [3.05, 3.63) is 11.1 Å². The van der Waals surface area contributed by atoms with Crippen LogP contribution in [0.4, 0.5) is 0 Å². The summed E-state index contributed by atoms with van der Waals surface area (Å²) in [6.07, 6.45) is 1.35. The highest BCUT2D eigenvalue weighted by Gasteiger charge is 2.35. The summed E-state index contributed by atoms with van der Waals surface area (Å²) in [5, 5.41) is 12.1. The van der Waals surface area contributed by atoms with Crippen molar-refractivity contribution in [2.75, 3.05) is 19.6 Å². The fraction of sp³-hybridized carbons (Fsp3) is 0.636. The molecule has 0 aliphatic carbocycles. The van der Waals surface area contributed by atoms with E-state index in [-0.39, 0.29) is 5.91 Å². The molecule has 2 saturated heterocycles. The number of rotatable bonds is 2. The first-order valence-electron chi connectivity index (χ1n) is 5.54. The van der Waals surface area contributed by atoms with Crippen LogP contribution in [0, 0.1) is 0 Å². The first-order chi connectivity index (χ1) is 7.61. The summed E-state index contributed by atoms with van der Waals surface area (Å²) >= 11 is 0. The molecule has 0 spiro atoms. The van der Waals surface area contributed by atoms with E-state index in [9.17, 15) is 9.59 Å². The van der Waals surface area contributed by atoms with Gasteiger partial charge < -0.3 is 15.3 Å². The molecule has 1 amide bonds. The van der Waals surface area contributed by atoms with Gasteiger partial charge in [-0.25, -0.2) is 4.79 Å². The highest BCUT2D eigenvalue weighted by atomic mass is 16.4. The van der Waals surface area contributed by atoms with Gasteiger partial charge >= 0.3 is 5.97 Å². The van der Waals surface area contributed by atoms with Crippen LogP contribution in [0.3, 0.4) is 0 Å². The number of carboxylic acids is 1. The molecule has 16 heavy (non-hydrogen) atoms. The number of hydrogen-bond acceptors (Lipinski definition) is 3. The number of carbonyl (C=O) groups is 2. The molecule has 0 aromatic heterocycles. The molecule has 2 N–H and O–H groups in total. The van der Waals surface area contributed by atoms with Crippen LogP contribution in [-0.4, -0.2) is 47.6 Å². The third-order valence-electron chi connectivity index (χ3n) is 3.33. The predicted molar refractivity (Wildman–Crippen MR) is 57.9 cm³/mol. The second-order valence-corrected chi connectivity index (χ2v) is 4.33. The summed E-state index contributed by atoms with van der Waals surface area (Å²) in [6.45, 7) is 3.86. The standard InChI is InChI=1S/C11H16N2O3/c1-7(8-5-12-6-8)10(14)13-4-2-3-9(13)11(15)16/h9,12H,2-6H2,1H3,(H,15,16). The van der Waals surface area contributed by atoms with E-state index >= 15 is 0 Å². The Morgan fingerprint density at radius 1 is 1.44 bits per heavy atom. The zero-order valence-electron chi connectivity index (χ0n) is 9.32. The van der Waals surface area contributed by atoms with Crippen LogP contribution in [0.2, 0.25) is 0 Å². The van der Waals surface area contributed by atoms with Gasteiger partial charge in [-0.1, -0.05) is 0 Å². The van der Waals surface area contributed by atoms with Gasteiger partial charge in [-0.15, -0.1) is 0 Å². The number of nitrogens with one attached hydrogen (secondary N) is 1. The van der Waals surface area contributed by atoms with Crippen LogP contribution in [0.25, 0.3) is 0 Å². The second kappa shape index (κ2) is 4.25. The lowest BCUT2D eigenvalue weighted by Crippen LogP contribution is -2.43. The zero-order chi connectivity index (χ0) is 11.7. The molecular weight excluding hydrogens is 208 g/mol. The van der Waals surface area contributed by atoms with Gasteiger partial charge in [-0.2, -0.15) is 0 Å². The molecule has 0 bridgehead atoms. The number of aliphatic carboxylic acids is 1. The molecule has 2 rings (SSSR count). The smallest absolute Gasteiger partial charge is 0.326 e. The summed E-state index contributed by atoms with van der Waals surface area (Å²) in [7, 11) is 0. The molecule has 2 aliphatic rings. The van der Waals surface area contributed by atoms with E-state index in [2.05, 4.69) is 5.32 Å². The summed E-state index contributed by atoms with van der Waals surface area (Å²) in [5.41, 5.74) is 1.81. The molecule has 0 aromatic carbocycles. The maximum absolute atomic E-state index is 12.1. The fourth-order valence-electron chi connectivity index (χ4n) is 2.15. The molecule has 5 nitrogen and oxygen atoms in total. The van der Waals surface area contributed by atoms with Crippen LogP contribution in [0.15, 0.2) is 11.1 Å². The van der Waals surface area contributed by atoms with Crippen molar-refractivity contribution in [1.29, 1.82) is 0 Å². The Bertz CT molecular complexity index is 356. The number of likely N-dealkylation sites (tertiary alicyclic amines) is 1. The quantitative estimate of drug-likeness (QED) is 0.647. The fourth-order valence-corrected chi connectivity index (χ4v) is 2.15. The van der Waals surface area contributed by atoms with Gasteiger partial charge in [-0.3, -0.25) is 4.79 Å². The summed E-state index contributed by atoms with van der Waals surface area (Å²) < 4.78 is 0. The van der Waals surface area contributed by atoms with Crippen LogP contribution in [0.1, 0.15) is 19.8 Å². The molecule has 1 atom stereocenters. The van der Waals surface area contributed by atoms with Crippen LogP contribution in [-0.2, 0) is 9.59 Å². The maximum Gasteiger partial charge on any atom is 0.326 e. The van der Waals surface area contributed by atoms with Crippen molar-refractivity contribution in [1.82, 2.24) is 10.2 Å². The molecule has 2 fully saturated rings. The van der Waals surface area contributed by atoms with Crippen molar-refractivity contribution >= 4 is 11.9 Å². The average Bonchev–Trinajstić information content (AvgIpc) is 2.61. The minimum Gasteiger partial charge on any atom is -0.480 e. The Labute approximate surface area is 94.1 Å². The lowest BCUT2D eigenvalue weighted by Gasteiger charge is -2.26. The van der Waals surface area contributed by atoms with Gasteiger partial charge in [0.15, 0.2) is 0 Å². The van der Waals surface area contributed by atoms with Crippen molar-refractivity contribution in [3.8, 4) is 0 Å². The van der Waals surface area contributed by atoms with E-state index in [1.165, 1.54) is 4.90 Å². The lowest BCUT2D eigenvalue weighted by atomic mass is 10.0. The van der Waals surface area contributed by atoms with Crippen LogP contribution < -0.4 is 5.32 Å². The number of nitrogens with zero attached hydrogens (tertiary/aromatic N) is 1. The minimum atomic E-state index is -0.893. The SMILES string of the molecule is CC(C(=O)N1CCCC1C(=O)O)=C1CNC1. The molecule has 0 radical (unpaired) electrons. The lowest BCUT2D eigenvalue weighted by molar-refractivity contribution is -0.146. The third kappa shape index (κ3) is 1.82. The van der Waals surface area contributed by atoms with E-state index in [0.29, 0.717) is 18.5 Å². The monoisotopic (exact) mass is 224 g/mol. The van der Waals surface area contributed by atoms with Crippen LogP contribution >= 0.6 is 0 Å². The largest absolute Gasteiger partial charge is 0.480 e. The van der Waals surface area contributed by atoms with E-state index < -0.39 is 12.0 Å². The highest BCUT2D eigenvalue weighted by Crippen LogP contribution is 2.21. The maximum atomic E-state index is 12.1. The molecule has 1 unspecified atom stereocenters. The average molecular weight is 224 g/mol. The van der Waals surface area contributed by atoms with Gasteiger partial charge in [-0.05, 0) is 25.3 Å². The Kier molecular flexibility index (Phi) is 2.96. The molecule has 88 valence electrons.